The molecule has 0 spiro atoms. The normalized spacial score (nSPS) is 10.5. The first-order valence-electron chi connectivity index (χ1n) is 4.44. The molecule has 2 aromatic carbocycles. The predicted octanol–water partition coefficient (Wildman–Crippen LogP) is 3.30. The van der Waals surface area contributed by atoms with Crippen molar-refractivity contribution in [3.05, 3.63) is 41.7 Å². The van der Waals surface area contributed by atoms with Crippen molar-refractivity contribution in [1.29, 1.82) is 0 Å². The number of halogens is 1. The van der Waals surface area contributed by atoms with Crippen LogP contribution in [0, 0.1) is 12.7 Å². The number of fused-ring (bicyclic) bond motifs is 1. The summed E-state index contributed by atoms with van der Waals surface area (Å²) in [5, 5.41) is 1.90. The van der Waals surface area contributed by atoms with Gasteiger partial charge < -0.3 is 4.74 Å². The van der Waals surface area contributed by atoms with Crippen molar-refractivity contribution in [2.45, 2.75) is 6.92 Å². The van der Waals surface area contributed by atoms with Crippen molar-refractivity contribution in [2.75, 3.05) is 7.11 Å². The molecule has 2 aromatic rings. The van der Waals surface area contributed by atoms with Gasteiger partial charge in [0.1, 0.15) is 11.6 Å². The molecular formula is C12H11FO. The molecule has 0 heterocycles. The molecule has 0 amide bonds. The van der Waals surface area contributed by atoms with Crippen molar-refractivity contribution in [3.63, 3.8) is 0 Å². The summed E-state index contributed by atoms with van der Waals surface area (Å²) in [6, 6.07) is 8.60. The summed E-state index contributed by atoms with van der Waals surface area (Å²) in [5.41, 5.74) is 1.06. The molecule has 2 rings (SSSR count). The molecule has 0 N–H and O–H groups in total. The standard InChI is InChI=1S/C12H11FO/c1-8-5-9-3-4-11(13)6-10(9)7-12(8)14-2/h3-7H,1-2H3. The summed E-state index contributed by atoms with van der Waals surface area (Å²) in [5.74, 6) is 0.575. The Balaban J connectivity index is 2.73. The average Bonchev–Trinajstić information content (AvgIpc) is 2.17. The van der Waals surface area contributed by atoms with Crippen molar-refractivity contribution in [3.8, 4) is 5.75 Å². The molecule has 2 heteroatoms. The lowest BCUT2D eigenvalue weighted by molar-refractivity contribution is 0.412. The summed E-state index contributed by atoms with van der Waals surface area (Å²) in [7, 11) is 1.62. The Labute approximate surface area is 82.1 Å². The lowest BCUT2D eigenvalue weighted by atomic mass is 10.1. The highest BCUT2D eigenvalue weighted by Crippen LogP contribution is 2.25. The van der Waals surface area contributed by atoms with Crippen LogP contribution in [0.4, 0.5) is 4.39 Å². The summed E-state index contributed by atoms with van der Waals surface area (Å²) in [6.45, 7) is 1.97. The fraction of sp³-hybridized carbons (Fsp3) is 0.167. The second kappa shape index (κ2) is 3.29. The maximum atomic E-state index is 12.9. The van der Waals surface area contributed by atoms with E-state index >= 15 is 0 Å². The Hall–Kier alpha value is -1.57. The molecule has 0 atom stereocenters. The zero-order valence-corrected chi connectivity index (χ0v) is 8.17. The van der Waals surface area contributed by atoms with Crippen molar-refractivity contribution in [2.24, 2.45) is 0 Å². The lowest BCUT2D eigenvalue weighted by Gasteiger charge is -2.06. The molecule has 1 nitrogen and oxygen atoms in total. The Bertz CT molecular complexity index is 477. The summed E-state index contributed by atoms with van der Waals surface area (Å²) in [4.78, 5) is 0. The lowest BCUT2D eigenvalue weighted by Crippen LogP contribution is -1.87. The quantitative estimate of drug-likeness (QED) is 0.670. The molecule has 0 saturated heterocycles. The zero-order chi connectivity index (χ0) is 10.1. The van der Waals surface area contributed by atoms with E-state index in [1.807, 2.05) is 19.1 Å². The summed E-state index contributed by atoms with van der Waals surface area (Å²) < 4.78 is 18.1. The number of methoxy groups -OCH3 is 1. The van der Waals surface area contributed by atoms with Crippen LogP contribution in [-0.4, -0.2) is 7.11 Å². The van der Waals surface area contributed by atoms with Crippen LogP contribution in [0.2, 0.25) is 0 Å². The second-order valence-corrected chi connectivity index (χ2v) is 3.31. The fourth-order valence-corrected chi connectivity index (χ4v) is 1.58. The summed E-state index contributed by atoms with van der Waals surface area (Å²) >= 11 is 0. The van der Waals surface area contributed by atoms with Crippen LogP contribution in [0.3, 0.4) is 0 Å². The van der Waals surface area contributed by atoms with Gasteiger partial charge in [-0.15, -0.1) is 0 Å². The predicted molar refractivity (Wildman–Crippen MR) is 55.2 cm³/mol. The smallest absolute Gasteiger partial charge is 0.123 e. The van der Waals surface area contributed by atoms with Gasteiger partial charge in [0.05, 0.1) is 7.11 Å². The van der Waals surface area contributed by atoms with Crippen LogP contribution < -0.4 is 4.74 Å². The van der Waals surface area contributed by atoms with E-state index in [1.165, 1.54) is 12.1 Å². The maximum absolute atomic E-state index is 12.9. The van der Waals surface area contributed by atoms with E-state index in [2.05, 4.69) is 0 Å². The number of ether oxygens (including phenoxy) is 1. The molecule has 0 saturated carbocycles. The fourth-order valence-electron chi connectivity index (χ4n) is 1.58. The van der Waals surface area contributed by atoms with E-state index < -0.39 is 0 Å². The van der Waals surface area contributed by atoms with Crippen molar-refractivity contribution >= 4 is 10.8 Å². The van der Waals surface area contributed by atoms with E-state index in [0.717, 1.165) is 22.1 Å². The first-order valence-corrected chi connectivity index (χ1v) is 4.44. The van der Waals surface area contributed by atoms with E-state index in [1.54, 1.807) is 13.2 Å². The van der Waals surface area contributed by atoms with Crippen LogP contribution in [-0.2, 0) is 0 Å². The van der Waals surface area contributed by atoms with Gasteiger partial charge in [-0.3, -0.25) is 0 Å². The van der Waals surface area contributed by atoms with Gasteiger partial charge in [-0.25, -0.2) is 4.39 Å². The monoisotopic (exact) mass is 190 g/mol. The number of hydrogen-bond acceptors (Lipinski definition) is 1. The van der Waals surface area contributed by atoms with Gasteiger partial charge in [-0.1, -0.05) is 6.07 Å². The molecule has 0 bridgehead atoms. The van der Waals surface area contributed by atoms with Gasteiger partial charge in [0.15, 0.2) is 0 Å². The Morgan fingerprint density at radius 1 is 1.07 bits per heavy atom. The molecule has 0 aliphatic heterocycles. The number of benzene rings is 2. The highest BCUT2D eigenvalue weighted by atomic mass is 19.1. The minimum Gasteiger partial charge on any atom is -0.496 e. The highest BCUT2D eigenvalue weighted by molar-refractivity contribution is 5.85. The molecule has 0 unspecified atom stereocenters. The zero-order valence-electron chi connectivity index (χ0n) is 8.17. The Kier molecular flexibility index (Phi) is 2.12. The number of aryl methyl sites for hydroxylation is 1. The Morgan fingerprint density at radius 3 is 2.57 bits per heavy atom. The molecule has 0 radical (unpaired) electrons. The average molecular weight is 190 g/mol. The third-order valence-electron chi connectivity index (χ3n) is 2.32. The van der Waals surface area contributed by atoms with E-state index in [9.17, 15) is 4.39 Å². The van der Waals surface area contributed by atoms with Crippen LogP contribution in [0.25, 0.3) is 10.8 Å². The van der Waals surface area contributed by atoms with Crippen molar-refractivity contribution in [1.82, 2.24) is 0 Å². The SMILES string of the molecule is COc1cc2cc(F)ccc2cc1C. The largest absolute Gasteiger partial charge is 0.496 e. The van der Waals surface area contributed by atoms with E-state index in [0.29, 0.717) is 0 Å². The third kappa shape index (κ3) is 1.43. The molecule has 72 valence electrons. The van der Waals surface area contributed by atoms with Gasteiger partial charge in [0, 0.05) is 0 Å². The molecule has 0 aromatic heterocycles. The number of rotatable bonds is 1. The third-order valence-corrected chi connectivity index (χ3v) is 2.32. The van der Waals surface area contributed by atoms with E-state index in [-0.39, 0.29) is 5.82 Å². The molecule has 14 heavy (non-hydrogen) atoms. The summed E-state index contributed by atoms with van der Waals surface area (Å²) in [6.07, 6.45) is 0. The van der Waals surface area contributed by atoms with Gasteiger partial charge in [-0.05, 0) is 47.5 Å². The van der Waals surface area contributed by atoms with Gasteiger partial charge in [-0.2, -0.15) is 0 Å². The van der Waals surface area contributed by atoms with Gasteiger partial charge in [0.25, 0.3) is 0 Å². The van der Waals surface area contributed by atoms with E-state index in [4.69, 9.17) is 4.74 Å². The van der Waals surface area contributed by atoms with Gasteiger partial charge >= 0.3 is 0 Å². The van der Waals surface area contributed by atoms with Crippen molar-refractivity contribution < 1.29 is 9.13 Å². The minimum absolute atomic E-state index is 0.219. The Morgan fingerprint density at radius 2 is 1.86 bits per heavy atom. The molecular weight excluding hydrogens is 179 g/mol. The van der Waals surface area contributed by atoms with Crippen LogP contribution in [0.15, 0.2) is 30.3 Å². The second-order valence-electron chi connectivity index (χ2n) is 3.31. The van der Waals surface area contributed by atoms with Crippen LogP contribution >= 0.6 is 0 Å². The topological polar surface area (TPSA) is 9.23 Å². The van der Waals surface area contributed by atoms with Gasteiger partial charge in [0.2, 0.25) is 0 Å². The minimum atomic E-state index is -0.219. The highest BCUT2D eigenvalue weighted by Gasteiger charge is 2.01. The first kappa shape index (κ1) is 9.00. The maximum Gasteiger partial charge on any atom is 0.123 e. The number of hydrogen-bond donors (Lipinski definition) is 0. The first-order chi connectivity index (χ1) is 6.70. The van der Waals surface area contributed by atoms with Crippen LogP contribution in [0.1, 0.15) is 5.56 Å². The van der Waals surface area contributed by atoms with Crippen LogP contribution in [0.5, 0.6) is 5.75 Å². The molecule has 0 fully saturated rings. The molecule has 0 aliphatic rings. The molecule has 0 aliphatic carbocycles.